The summed E-state index contributed by atoms with van der Waals surface area (Å²) in [5.74, 6) is 1.35. The van der Waals surface area contributed by atoms with Gasteiger partial charge in [0.25, 0.3) is 0 Å². The molecule has 0 aliphatic carbocycles. The Morgan fingerprint density at radius 3 is 2.58 bits per heavy atom. The van der Waals surface area contributed by atoms with Crippen molar-refractivity contribution in [2.24, 2.45) is 0 Å². The molecule has 0 spiro atoms. The standard InChI is InChI=1S/C23H28N4O4S2/c1-6-27-19(12-31-17-9-7-16(8-10-17)14(2)3)25-26-23(27)32-13-20(28)24-21-18(22(29)30-5)11-15(4)33-21/h7-11,14H,6,12-13H2,1-5H3,(H,24,28). The van der Waals surface area contributed by atoms with E-state index in [2.05, 4.69) is 41.5 Å². The van der Waals surface area contributed by atoms with Crippen molar-refractivity contribution in [3.8, 4) is 5.75 Å². The van der Waals surface area contributed by atoms with Crippen LogP contribution in [0.5, 0.6) is 5.75 Å². The van der Waals surface area contributed by atoms with Crippen LogP contribution in [0, 0.1) is 6.92 Å². The van der Waals surface area contributed by atoms with Crippen molar-refractivity contribution in [1.82, 2.24) is 14.8 Å². The second-order valence-electron chi connectivity index (χ2n) is 7.58. The lowest BCUT2D eigenvalue weighted by atomic mass is 10.0. The minimum atomic E-state index is -0.475. The summed E-state index contributed by atoms with van der Waals surface area (Å²) in [5.41, 5.74) is 1.61. The average Bonchev–Trinajstić information content (AvgIpc) is 3.38. The number of anilines is 1. The Labute approximate surface area is 201 Å². The van der Waals surface area contributed by atoms with E-state index in [9.17, 15) is 9.59 Å². The number of nitrogens with zero attached hydrogens (tertiary/aromatic N) is 3. The second-order valence-corrected chi connectivity index (χ2v) is 9.78. The molecule has 176 valence electrons. The largest absolute Gasteiger partial charge is 0.486 e. The molecule has 0 aliphatic heterocycles. The molecule has 1 aromatic carbocycles. The first-order chi connectivity index (χ1) is 15.8. The summed E-state index contributed by atoms with van der Waals surface area (Å²) in [6.45, 7) is 9.10. The first-order valence-corrected chi connectivity index (χ1v) is 12.4. The highest BCUT2D eigenvalue weighted by Gasteiger charge is 2.19. The maximum absolute atomic E-state index is 12.5. The summed E-state index contributed by atoms with van der Waals surface area (Å²) in [5, 5.41) is 12.4. The SMILES string of the molecule is CCn1c(COc2ccc(C(C)C)cc2)nnc1SCC(=O)Nc1sc(C)cc1C(=O)OC. The van der Waals surface area contributed by atoms with E-state index in [1.165, 1.54) is 35.8 Å². The van der Waals surface area contributed by atoms with Crippen LogP contribution in [0.3, 0.4) is 0 Å². The van der Waals surface area contributed by atoms with Crippen molar-refractivity contribution in [1.29, 1.82) is 0 Å². The van der Waals surface area contributed by atoms with Gasteiger partial charge in [0.15, 0.2) is 11.0 Å². The third-order valence-electron chi connectivity index (χ3n) is 4.87. The molecule has 2 aromatic heterocycles. The molecule has 1 amide bonds. The first kappa shape index (κ1) is 24.8. The van der Waals surface area contributed by atoms with Gasteiger partial charge in [-0.1, -0.05) is 37.7 Å². The smallest absolute Gasteiger partial charge is 0.340 e. The number of ether oxygens (including phenoxy) is 2. The molecule has 0 saturated carbocycles. The van der Waals surface area contributed by atoms with Gasteiger partial charge in [-0.15, -0.1) is 21.5 Å². The highest BCUT2D eigenvalue weighted by atomic mass is 32.2. The number of amides is 1. The van der Waals surface area contributed by atoms with Crippen LogP contribution in [0.2, 0.25) is 0 Å². The number of carbonyl (C=O) groups excluding carboxylic acids is 2. The molecule has 1 N–H and O–H groups in total. The fraction of sp³-hybridized carbons (Fsp3) is 0.391. The molecule has 0 unspecified atom stereocenters. The van der Waals surface area contributed by atoms with Crippen molar-refractivity contribution < 1.29 is 19.1 Å². The van der Waals surface area contributed by atoms with Gasteiger partial charge in [0, 0.05) is 11.4 Å². The maximum atomic E-state index is 12.5. The van der Waals surface area contributed by atoms with E-state index in [1.807, 2.05) is 30.5 Å². The van der Waals surface area contributed by atoms with E-state index in [0.717, 1.165) is 10.6 Å². The van der Waals surface area contributed by atoms with Crippen LogP contribution in [0.15, 0.2) is 35.5 Å². The average molecular weight is 489 g/mol. The predicted octanol–water partition coefficient (Wildman–Crippen LogP) is 4.89. The molecule has 3 rings (SSSR count). The number of methoxy groups -OCH3 is 1. The molecular weight excluding hydrogens is 460 g/mol. The van der Waals surface area contributed by atoms with Crippen LogP contribution in [0.4, 0.5) is 5.00 Å². The number of hydrogen-bond acceptors (Lipinski definition) is 8. The van der Waals surface area contributed by atoms with E-state index in [-0.39, 0.29) is 18.3 Å². The van der Waals surface area contributed by atoms with Crippen LogP contribution in [0.25, 0.3) is 0 Å². The molecule has 0 fully saturated rings. The Kier molecular flexibility index (Phi) is 8.51. The summed E-state index contributed by atoms with van der Waals surface area (Å²) >= 11 is 2.62. The molecule has 0 atom stereocenters. The van der Waals surface area contributed by atoms with Crippen molar-refractivity contribution in [2.45, 2.75) is 51.9 Å². The summed E-state index contributed by atoms with van der Waals surface area (Å²) in [6.07, 6.45) is 0. The molecule has 3 aromatic rings. The lowest BCUT2D eigenvalue weighted by Gasteiger charge is -2.10. The van der Waals surface area contributed by atoms with Crippen molar-refractivity contribution in [2.75, 3.05) is 18.2 Å². The highest BCUT2D eigenvalue weighted by molar-refractivity contribution is 7.99. The van der Waals surface area contributed by atoms with Gasteiger partial charge in [-0.05, 0) is 43.5 Å². The topological polar surface area (TPSA) is 95.3 Å². The van der Waals surface area contributed by atoms with Crippen LogP contribution < -0.4 is 10.1 Å². The van der Waals surface area contributed by atoms with Crippen LogP contribution >= 0.6 is 23.1 Å². The number of thioether (sulfide) groups is 1. The zero-order valence-electron chi connectivity index (χ0n) is 19.4. The number of nitrogens with one attached hydrogen (secondary N) is 1. The van der Waals surface area contributed by atoms with Crippen molar-refractivity contribution >= 4 is 40.0 Å². The maximum Gasteiger partial charge on any atom is 0.340 e. The fourth-order valence-electron chi connectivity index (χ4n) is 3.11. The van der Waals surface area contributed by atoms with Gasteiger partial charge >= 0.3 is 5.97 Å². The molecule has 0 saturated heterocycles. The molecule has 2 heterocycles. The molecular formula is C23H28N4O4S2. The Hall–Kier alpha value is -2.85. The number of carbonyl (C=O) groups is 2. The van der Waals surface area contributed by atoms with Gasteiger partial charge in [-0.25, -0.2) is 4.79 Å². The summed E-state index contributed by atoms with van der Waals surface area (Å²) in [6, 6.07) is 9.74. The molecule has 0 radical (unpaired) electrons. The van der Waals surface area contributed by atoms with Crippen LogP contribution in [-0.2, 0) is 22.7 Å². The zero-order chi connectivity index (χ0) is 24.0. The monoisotopic (exact) mass is 488 g/mol. The van der Waals surface area contributed by atoms with E-state index in [0.29, 0.717) is 34.0 Å². The van der Waals surface area contributed by atoms with Gasteiger partial charge in [0.05, 0.1) is 18.4 Å². The van der Waals surface area contributed by atoms with Gasteiger partial charge < -0.3 is 19.4 Å². The van der Waals surface area contributed by atoms with E-state index in [1.54, 1.807) is 6.07 Å². The number of hydrogen-bond donors (Lipinski definition) is 1. The quantitative estimate of drug-likeness (QED) is 0.321. The summed E-state index contributed by atoms with van der Waals surface area (Å²) < 4.78 is 12.6. The van der Waals surface area contributed by atoms with Crippen molar-refractivity contribution in [3.05, 3.63) is 52.2 Å². The predicted molar refractivity (Wildman–Crippen MR) is 130 cm³/mol. The number of esters is 1. The lowest BCUT2D eigenvalue weighted by molar-refractivity contribution is -0.113. The highest BCUT2D eigenvalue weighted by Crippen LogP contribution is 2.29. The number of aryl methyl sites for hydroxylation is 1. The Bertz CT molecular complexity index is 1110. The van der Waals surface area contributed by atoms with Gasteiger partial charge in [-0.2, -0.15) is 0 Å². The summed E-state index contributed by atoms with van der Waals surface area (Å²) in [4.78, 5) is 25.3. The Balaban J connectivity index is 1.59. The fourth-order valence-corrected chi connectivity index (χ4v) is 4.85. The number of aromatic nitrogens is 3. The van der Waals surface area contributed by atoms with Gasteiger partial charge in [0.2, 0.25) is 5.91 Å². The number of thiophene rings is 1. The number of benzene rings is 1. The minimum absolute atomic E-state index is 0.132. The molecule has 8 nitrogen and oxygen atoms in total. The van der Waals surface area contributed by atoms with Gasteiger partial charge in [0.1, 0.15) is 17.4 Å². The zero-order valence-corrected chi connectivity index (χ0v) is 21.0. The third-order valence-corrected chi connectivity index (χ3v) is 6.80. The normalized spacial score (nSPS) is 11.0. The first-order valence-electron chi connectivity index (χ1n) is 10.6. The van der Waals surface area contributed by atoms with Crippen LogP contribution in [0.1, 0.15) is 53.3 Å². The molecule has 0 aliphatic rings. The van der Waals surface area contributed by atoms with Gasteiger partial charge in [-0.3, -0.25) is 4.79 Å². The molecule has 0 bridgehead atoms. The van der Waals surface area contributed by atoms with E-state index < -0.39 is 5.97 Å². The number of rotatable bonds is 10. The molecule has 33 heavy (non-hydrogen) atoms. The van der Waals surface area contributed by atoms with Crippen LogP contribution in [-0.4, -0.2) is 39.5 Å². The minimum Gasteiger partial charge on any atom is -0.486 e. The van der Waals surface area contributed by atoms with E-state index in [4.69, 9.17) is 9.47 Å². The lowest BCUT2D eigenvalue weighted by Crippen LogP contribution is -2.16. The Morgan fingerprint density at radius 1 is 1.21 bits per heavy atom. The van der Waals surface area contributed by atoms with Crippen molar-refractivity contribution in [3.63, 3.8) is 0 Å². The third kappa shape index (κ3) is 6.35. The second kappa shape index (κ2) is 11.3. The van der Waals surface area contributed by atoms with E-state index >= 15 is 0 Å². The molecule has 10 heteroatoms. The summed E-state index contributed by atoms with van der Waals surface area (Å²) in [7, 11) is 1.32. The Morgan fingerprint density at radius 2 is 1.94 bits per heavy atom.